The fraction of sp³-hybridized carbons (Fsp3) is 0. The minimum atomic E-state index is 0.893. The van der Waals surface area contributed by atoms with Crippen LogP contribution < -0.4 is 4.90 Å². The van der Waals surface area contributed by atoms with E-state index >= 15 is 0 Å². The molecule has 2 heterocycles. The lowest BCUT2D eigenvalue weighted by atomic mass is 10.00. The van der Waals surface area contributed by atoms with E-state index in [9.17, 15) is 0 Å². The van der Waals surface area contributed by atoms with Gasteiger partial charge in [0.05, 0.1) is 16.7 Å². The Morgan fingerprint density at radius 2 is 1.29 bits per heavy atom. The van der Waals surface area contributed by atoms with Crippen molar-refractivity contribution in [3.05, 3.63) is 140 Å². The van der Waals surface area contributed by atoms with Crippen molar-refractivity contribution in [3.63, 3.8) is 0 Å². The predicted molar refractivity (Wildman–Crippen MR) is 159 cm³/mol. The second-order valence-corrected chi connectivity index (χ2v) is 9.69. The van der Waals surface area contributed by atoms with Crippen LogP contribution in [0.4, 0.5) is 17.2 Å². The Labute approximate surface area is 220 Å². The third-order valence-corrected chi connectivity index (χ3v) is 7.56. The maximum Gasteiger partial charge on any atom is 0.137 e. The monoisotopic (exact) mass is 485 g/mol. The predicted octanol–water partition coefficient (Wildman–Crippen LogP) is 9.39. The van der Waals surface area contributed by atoms with E-state index < -0.39 is 0 Å². The number of pyridine rings is 1. The van der Waals surface area contributed by atoms with Crippen molar-refractivity contribution in [2.45, 2.75) is 0 Å². The van der Waals surface area contributed by atoms with E-state index in [-0.39, 0.29) is 0 Å². The standard InChI is InChI=1S/C35H23N3/c1-2-12-27(13-3-1)37-31-14-8-11-25-17-19-29-30(20-21-32(37)35(29)34(25)31)38(33-15-6-7-22-36-33)28-18-16-24-9-4-5-10-26(24)23-28/h1-23H. The molecular weight excluding hydrogens is 462 g/mol. The summed E-state index contributed by atoms with van der Waals surface area (Å²) in [6.45, 7) is 0. The molecule has 0 fully saturated rings. The summed E-state index contributed by atoms with van der Waals surface area (Å²) in [4.78, 5) is 7.08. The summed E-state index contributed by atoms with van der Waals surface area (Å²) in [6.07, 6.45) is 1.86. The van der Waals surface area contributed by atoms with Crippen molar-refractivity contribution in [2.75, 3.05) is 4.90 Å². The zero-order valence-electron chi connectivity index (χ0n) is 20.6. The highest BCUT2D eigenvalue weighted by atomic mass is 15.2. The number of hydrogen-bond acceptors (Lipinski definition) is 2. The minimum absolute atomic E-state index is 0.893. The lowest BCUT2D eigenvalue weighted by Gasteiger charge is -2.26. The van der Waals surface area contributed by atoms with Crippen molar-refractivity contribution in [1.29, 1.82) is 0 Å². The molecule has 0 aliphatic heterocycles. The summed E-state index contributed by atoms with van der Waals surface area (Å²) in [7, 11) is 0. The summed E-state index contributed by atoms with van der Waals surface area (Å²) in [6, 6.07) is 47.5. The lowest BCUT2D eigenvalue weighted by Crippen LogP contribution is -2.12. The van der Waals surface area contributed by atoms with E-state index in [0.29, 0.717) is 0 Å². The summed E-state index contributed by atoms with van der Waals surface area (Å²) in [5.41, 5.74) is 5.80. The van der Waals surface area contributed by atoms with Gasteiger partial charge in [0, 0.05) is 33.7 Å². The number of hydrogen-bond donors (Lipinski definition) is 0. The smallest absolute Gasteiger partial charge is 0.137 e. The Morgan fingerprint density at radius 3 is 2.16 bits per heavy atom. The molecule has 3 heteroatoms. The summed E-state index contributed by atoms with van der Waals surface area (Å²) in [5.74, 6) is 0.893. The average Bonchev–Trinajstić information content (AvgIpc) is 3.33. The highest BCUT2D eigenvalue weighted by Gasteiger charge is 2.22. The normalized spacial score (nSPS) is 11.7. The van der Waals surface area contributed by atoms with Crippen LogP contribution in [0.25, 0.3) is 49.0 Å². The lowest BCUT2D eigenvalue weighted by molar-refractivity contribution is 1.17. The number of aromatic nitrogens is 2. The molecule has 0 spiro atoms. The second-order valence-electron chi connectivity index (χ2n) is 9.69. The van der Waals surface area contributed by atoms with E-state index in [1.165, 1.54) is 49.0 Å². The number of anilines is 3. The van der Waals surface area contributed by atoms with Gasteiger partial charge in [-0.25, -0.2) is 4.98 Å². The van der Waals surface area contributed by atoms with Gasteiger partial charge in [0.15, 0.2) is 0 Å². The molecule has 0 bridgehead atoms. The van der Waals surface area contributed by atoms with Crippen molar-refractivity contribution in [2.24, 2.45) is 0 Å². The number of para-hydroxylation sites is 1. The molecule has 2 aromatic heterocycles. The maximum atomic E-state index is 4.79. The van der Waals surface area contributed by atoms with Gasteiger partial charge >= 0.3 is 0 Å². The molecule has 0 amide bonds. The first kappa shape index (κ1) is 21.0. The molecule has 8 aromatic rings. The van der Waals surface area contributed by atoms with Gasteiger partial charge in [0.2, 0.25) is 0 Å². The SMILES string of the molecule is c1ccc(-n2c3cccc4ccc5c(N(c6ccc7ccccc7c6)c6ccccn6)ccc2c5c43)cc1. The zero-order chi connectivity index (χ0) is 25.1. The molecule has 6 aromatic carbocycles. The van der Waals surface area contributed by atoms with E-state index in [2.05, 4.69) is 137 Å². The molecule has 8 rings (SSSR count). The summed E-state index contributed by atoms with van der Waals surface area (Å²) < 4.78 is 2.38. The molecule has 0 saturated heterocycles. The van der Waals surface area contributed by atoms with E-state index in [0.717, 1.165) is 17.2 Å². The number of nitrogens with zero attached hydrogens (tertiary/aromatic N) is 3. The second kappa shape index (κ2) is 8.19. The number of rotatable bonds is 4. The number of benzene rings is 6. The fourth-order valence-electron chi connectivity index (χ4n) is 5.92. The molecule has 3 nitrogen and oxygen atoms in total. The molecule has 178 valence electrons. The van der Waals surface area contributed by atoms with E-state index in [1.807, 2.05) is 12.3 Å². The average molecular weight is 486 g/mol. The minimum Gasteiger partial charge on any atom is -0.309 e. The van der Waals surface area contributed by atoms with Gasteiger partial charge in [-0.15, -0.1) is 0 Å². The number of fused-ring (bicyclic) bond motifs is 1. The third kappa shape index (κ3) is 3.06. The maximum absolute atomic E-state index is 4.79. The molecule has 0 saturated carbocycles. The fourth-order valence-corrected chi connectivity index (χ4v) is 5.92. The van der Waals surface area contributed by atoms with Crippen LogP contribution in [0, 0.1) is 0 Å². The topological polar surface area (TPSA) is 21.1 Å². The van der Waals surface area contributed by atoms with Crippen LogP contribution in [0.3, 0.4) is 0 Å². The van der Waals surface area contributed by atoms with Gasteiger partial charge < -0.3 is 4.57 Å². The molecule has 0 aliphatic rings. The Hall–Kier alpha value is -5.15. The van der Waals surface area contributed by atoms with Gasteiger partial charge in [-0.3, -0.25) is 4.90 Å². The molecule has 0 aliphatic carbocycles. The first-order valence-electron chi connectivity index (χ1n) is 12.9. The van der Waals surface area contributed by atoms with Gasteiger partial charge in [0.1, 0.15) is 5.82 Å². The van der Waals surface area contributed by atoms with Gasteiger partial charge in [-0.2, -0.15) is 0 Å². The van der Waals surface area contributed by atoms with Gasteiger partial charge in [0.25, 0.3) is 0 Å². The van der Waals surface area contributed by atoms with Crippen LogP contribution in [0.2, 0.25) is 0 Å². The Morgan fingerprint density at radius 1 is 0.526 bits per heavy atom. The first-order chi connectivity index (χ1) is 18.9. The van der Waals surface area contributed by atoms with Crippen LogP contribution in [-0.4, -0.2) is 9.55 Å². The van der Waals surface area contributed by atoms with Crippen LogP contribution in [0.5, 0.6) is 0 Å². The highest BCUT2D eigenvalue weighted by Crippen LogP contribution is 2.45. The quantitative estimate of drug-likeness (QED) is 0.232. The molecule has 38 heavy (non-hydrogen) atoms. The third-order valence-electron chi connectivity index (χ3n) is 7.56. The molecule has 0 N–H and O–H groups in total. The Bertz CT molecular complexity index is 2070. The molecule has 0 radical (unpaired) electrons. The molecular formula is C35H23N3. The largest absolute Gasteiger partial charge is 0.309 e. The Kier molecular flexibility index (Phi) is 4.52. The van der Waals surface area contributed by atoms with Crippen LogP contribution in [-0.2, 0) is 0 Å². The van der Waals surface area contributed by atoms with E-state index in [4.69, 9.17) is 4.98 Å². The van der Waals surface area contributed by atoms with Crippen LogP contribution in [0.1, 0.15) is 0 Å². The molecule has 0 atom stereocenters. The summed E-state index contributed by atoms with van der Waals surface area (Å²) in [5, 5.41) is 7.47. The van der Waals surface area contributed by atoms with Crippen LogP contribution in [0.15, 0.2) is 140 Å². The van der Waals surface area contributed by atoms with Crippen molar-refractivity contribution >= 4 is 60.5 Å². The van der Waals surface area contributed by atoms with Crippen molar-refractivity contribution in [1.82, 2.24) is 9.55 Å². The zero-order valence-corrected chi connectivity index (χ0v) is 20.6. The van der Waals surface area contributed by atoms with Crippen molar-refractivity contribution < 1.29 is 0 Å². The van der Waals surface area contributed by atoms with Gasteiger partial charge in [-0.05, 0) is 70.8 Å². The molecule has 0 unspecified atom stereocenters. The van der Waals surface area contributed by atoms with Crippen LogP contribution >= 0.6 is 0 Å². The first-order valence-corrected chi connectivity index (χ1v) is 12.9. The van der Waals surface area contributed by atoms with E-state index in [1.54, 1.807) is 0 Å². The van der Waals surface area contributed by atoms with Crippen molar-refractivity contribution in [3.8, 4) is 5.69 Å². The highest BCUT2D eigenvalue weighted by molar-refractivity contribution is 6.26. The Balaban J connectivity index is 1.46. The van der Waals surface area contributed by atoms with Gasteiger partial charge in [-0.1, -0.05) is 78.9 Å². The summed E-state index contributed by atoms with van der Waals surface area (Å²) >= 11 is 0.